The van der Waals surface area contributed by atoms with Gasteiger partial charge in [-0.1, -0.05) is 36.4 Å². The van der Waals surface area contributed by atoms with Gasteiger partial charge in [0.15, 0.2) is 11.5 Å². The molecule has 2 aliphatic heterocycles. The van der Waals surface area contributed by atoms with E-state index < -0.39 is 17.0 Å². The lowest BCUT2D eigenvalue weighted by Crippen LogP contribution is -2.63. The second kappa shape index (κ2) is 10.0. The molecule has 0 saturated carbocycles. The third-order valence-corrected chi connectivity index (χ3v) is 7.86. The van der Waals surface area contributed by atoms with Crippen LogP contribution in [0.4, 0.5) is 5.69 Å². The Balaban J connectivity index is 1.36. The summed E-state index contributed by atoms with van der Waals surface area (Å²) >= 11 is 0. The summed E-state index contributed by atoms with van der Waals surface area (Å²) in [5.41, 5.74) is 4.12. The molecule has 2 atom stereocenters. The Morgan fingerprint density at radius 3 is 2.58 bits per heavy atom. The smallest absolute Gasteiger partial charge is 0.269 e. The molecule has 10 heteroatoms. The number of benzene rings is 3. The highest BCUT2D eigenvalue weighted by Crippen LogP contribution is 2.43. The first-order valence-corrected chi connectivity index (χ1v) is 13.0. The number of carbonyl (C=O) groups excluding carboxylic acids is 2. The number of non-ortho nitro benzene ring substituents is 1. The van der Waals surface area contributed by atoms with Crippen molar-refractivity contribution in [2.24, 2.45) is 0 Å². The van der Waals surface area contributed by atoms with Gasteiger partial charge in [-0.25, -0.2) is 0 Å². The molecule has 1 saturated heterocycles. The molecule has 2 amide bonds. The Morgan fingerprint density at radius 2 is 1.80 bits per heavy atom. The number of hydrogen-bond acceptors (Lipinski definition) is 6. The summed E-state index contributed by atoms with van der Waals surface area (Å²) in [4.78, 5) is 45.5. The second-order valence-corrected chi connectivity index (χ2v) is 10.0. The number of nitrogens with one attached hydrogen (secondary N) is 1. The maximum absolute atomic E-state index is 13.9. The molecular formula is C30H28N4O6. The number of aromatic amines is 1. The third kappa shape index (κ3) is 4.21. The number of carbonyl (C=O) groups is 2. The number of aromatic nitrogens is 1. The number of fused-ring (bicyclic) bond motifs is 4. The monoisotopic (exact) mass is 540 g/mol. The Hall–Kier alpha value is -4.86. The maximum atomic E-state index is 13.9. The maximum Gasteiger partial charge on any atom is 0.269 e. The van der Waals surface area contributed by atoms with Gasteiger partial charge in [0, 0.05) is 41.7 Å². The molecule has 10 nitrogen and oxygen atoms in total. The molecule has 0 aliphatic carbocycles. The number of hydrogen-bond donors (Lipinski definition) is 1. The van der Waals surface area contributed by atoms with Gasteiger partial charge in [0.2, 0.25) is 11.8 Å². The zero-order valence-electron chi connectivity index (χ0n) is 22.1. The number of rotatable bonds is 7. The van der Waals surface area contributed by atoms with Crippen LogP contribution in [0.25, 0.3) is 10.9 Å². The number of H-pyrrole nitrogens is 1. The first kappa shape index (κ1) is 25.4. The summed E-state index contributed by atoms with van der Waals surface area (Å²) in [6.45, 7) is 0.302. The summed E-state index contributed by atoms with van der Waals surface area (Å²) in [5.74, 6) is 0.894. The van der Waals surface area contributed by atoms with Gasteiger partial charge in [0.05, 0.1) is 31.7 Å². The van der Waals surface area contributed by atoms with Crippen molar-refractivity contribution in [2.45, 2.75) is 24.9 Å². The first-order valence-electron chi connectivity index (χ1n) is 13.0. The highest BCUT2D eigenvalue weighted by atomic mass is 16.6. The number of piperazine rings is 1. The number of ether oxygens (including phenoxy) is 2. The molecule has 1 aromatic heterocycles. The van der Waals surface area contributed by atoms with E-state index in [9.17, 15) is 19.7 Å². The van der Waals surface area contributed by atoms with Gasteiger partial charge in [-0.3, -0.25) is 19.7 Å². The lowest BCUT2D eigenvalue weighted by Gasteiger charge is -2.47. The first-order chi connectivity index (χ1) is 19.4. The van der Waals surface area contributed by atoms with E-state index in [0.717, 1.165) is 27.7 Å². The lowest BCUT2D eigenvalue weighted by atomic mass is 9.86. The second-order valence-electron chi connectivity index (χ2n) is 10.0. The minimum atomic E-state index is -0.720. The van der Waals surface area contributed by atoms with Crippen LogP contribution in [-0.4, -0.2) is 64.9 Å². The van der Waals surface area contributed by atoms with E-state index in [-0.39, 0.29) is 24.0 Å². The van der Waals surface area contributed by atoms with Gasteiger partial charge in [0.25, 0.3) is 5.69 Å². The highest BCUT2D eigenvalue weighted by Gasteiger charge is 2.48. The summed E-state index contributed by atoms with van der Waals surface area (Å²) in [5, 5.41) is 12.6. The summed E-state index contributed by atoms with van der Waals surface area (Å²) in [6.07, 6.45) is 0.904. The fourth-order valence-electron chi connectivity index (χ4n) is 5.97. The Bertz CT molecular complexity index is 1650. The van der Waals surface area contributed by atoms with E-state index in [1.165, 1.54) is 12.1 Å². The topological polar surface area (TPSA) is 118 Å². The summed E-state index contributed by atoms with van der Waals surface area (Å²) in [6, 6.07) is 18.4. The highest BCUT2D eigenvalue weighted by molar-refractivity contribution is 5.97. The number of nitro groups is 1. The summed E-state index contributed by atoms with van der Waals surface area (Å²) in [7, 11) is 3.15. The van der Waals surface area contributed by atoms with Crippen LogP contribution in [0.1, 0.15) is 28.4 Å². The number of methoxy groups -OCH3 is 2. The molecule has 0 bridgehead atoms. The largest absolute Gasteiger partial charge is 0.493 e. The molecule has 6 rings (SSSR count). The van der Waals surface area contributed by atoms with E-state index in [0.29, 0.717) is 36.4 Å². The fraction of sp³-hybridized carbons (Fsp3) is 0.267. The molecule has 0 spiro atoms. The molecule has 3 heterocycles. The van der Waals surface area contributed by atoms with Crippen molar-refractivity contribution in [1.29, 1.82) is 0 Å². The quantitative estimate of drug-likeness (QED) is 0.280. The molecule has 0 unspecified atom stereocenters. The van der Waals surface area contributed by atoms with Crippen LogP contribution >= 0.6 is 0 Å². The predicted molar refractivity (Wildman–Crippen MR) is 147 cm³/mol. The third-order valence-electron chi connectivity index (χ3n) is 7.86. The summed E-state index contributed by atoms with van der Waals surface area (Å²) < 4.78 is 10.7. The van der Waals surface area contributed by atoms with Crippen molar-refractivity contribution in [1.82, 2.24) is 14.8 Å². The molecule has 0 radical (unpaired) electrons. The standard InChI is InChI=1S/C30H28N4O6/c1-39-25-11-10-18(14-26(25)40-2)12-13-32-17-27(35)33-24(30(32)36)16-22-21-8-3-4-9-23(21)31-28(22)29(33)19-6-5-7-20(15-19)34(37)38/h3-11,14-15,24,29,31H,12-13,16-17H2,1-2H3/t24-,29-/m1/s1. The van der Waals surface area contributed by atoms with Gasteiger partial charge < -0.3 is 24.3 Å². The van der Waals surface area contributed by atoms with Crippen LogP contribution < -0.4 is 9.47 Å². The van der Waals surface area contributed by atoms with Gasteiger partial charge in [0.1, 0.15) is 6.04 Å². The minimum absolute atomic E-state index is 0.0652. The van der Waals surface area contributed by atoms with Crippen molar-refractivity contribution in [3.63, 3.8) is 0 Å². The van der Waals surface area contributed by atoms with E-state index in [4.69, 9.17) is 9.47 Å². The fourth-order valence-corrected chi connectivity index (χ4v) is 5.97. The SMILES string of the molecule is COc1ccc(CCN2CC(=O)N3[C@H](c4cccc([N+](=O)[O-])c4)c4[nH]c5ccccc5c4C[C@@H]3C2=O)cc1OC. The van der Waals surface area contributed by atoms with Gasteiger partial charge in [-0.05, 0) is 41.3 Å². The molecule has 2 aliphatic rings. The van der Waals surface area contributed by atoms with Crippen molar-refractivity contribution in [3.05, 3.63) is 99.2 Å². The van der Waals surface area contributed by atoms with E-state index in [1.807, 2.05) is 42.5 Å². The molecule has 1 fully saturated rings. The average Bonchev–Trinajstić information content (AvgIpc) is 3.35. The van der Waals surface area contributed by atoms with Gasteiger partial charge >= 0.3 is 0 Å². The van der Waals surface area contributed by atoms with E-state index in [1.54, 1.807) is 36.2 Å². The number of para-hydroxylation sites is 1. The molecule has 4 aromatic rings. The molecule has 3 aromatic carbocycles. The van der Waals surface area contributed by atoms with Crippen molar-refractivity contribution >= 4 is 28.4 Å². The van der Waals surface area contributed by atoms with Crippen molar-refractivity contribution < 1.29 is 24.0 Å². The molecule has 204 valence electrons. The molecule has 40 heavy (non-hydrogen) atoms. The van der Waals surface area contributed by atoms with Crippen molar-refractivity contribution in [3.8, 4) is 11.5 Å². The van der Waals surface area contributed by atoms with Crippen LogP contribution in [0.15, 0.2) is 66.7 Å². The Labute approximate surface area is 230 Å². The predicted octanol–water partition coefficient (Wildman–Crippen LogP) is 4.02. The normalized spacial score (nSPS) is 18.4. The number of amides is 2. The van der Waals surface area contributed by atoms with Crippen LogP contribution in [0, 0.1) is 10.1 Å². The van der Waals surface area contributed by atoms with Crippen LogP contribution in [0.5, 0.6) is 11.5 Å². The number of nitro benzene ring substituents is 1. The Kier molecular flexibility index (Phi) is 6.37. The zero-order valence-corrected chi connectivity index (χ0v) is 22.1. The van der Waals surface area contributed by atoms with Gasteiger partial charge in [-0.2, -0.15) is 0 Å². The number of nitrogens with zero attached hydrogens (tertiary/aromatic N) is 3. The van der Waals surface area contributed by atoms with Crippen molar-refractivity contribution in [2.75, 3.05) is 27.3 Å². The van der Waals surface area contributed by atoms with E-state index >= 15 is 0 Å². The molecular weight excluding hydrogens is 512 g/mol. The lowest BCUT2D eigenvalue weighted by molar-refractivity contribution is -0.384. The minimum Gasteiger partial charge on any atom is -0.493 e. The Morgan fingerprint density at radius 1 is 1.00 bits per heavy atom. The molecule has 1 N–H and O–H groups in total. The van der Waals surface area contributed by atoms with Gasteiger partial charge in [-0.15, -0.1) is 0 Å². The van der Waals surface area contributed by atoms with E-state index in [2.05, 4.69) is 4.98 Å². The average molecular weight is 541 g/mol. The van der Waals surface area contributed by atoms with Crippen LogP contribution in [-0.2, 0) is 22.4 Å². The zero-order chi connectivity index (χ0) is 28.0. The van der Waals surface area contributed by atoms with Crippen LogP contribution in [0.3, 0.4) is 0 Å². The van der Waals surface area contributed by atoms with Crippen LogP contribution in [0.2, 0.25) is 0 Å².